The minimum absolute atomic E-state index is 1.05. The molecule has 0 aliphatic heterocycles. The quantitative estimate of drug-likeness (QED) is 0.101. The second-order valence-corrected chi connectivity index (χ2v) is 31.5. The van der Waals surface area contributed by atoms with E-state index >= 15 is 0 Å². The number of para-hydroxylation sites is 6. The van der Waals surface area contributed by atoms with E-state index in [2.05, 4.69) is 477 Å². The number of nitrogens with zero attached hydrogens (tertiary/aromatic N) is 6. The number of fused-ring (bicyclic) bond motifs is 21. The second kappa shape index (κ2) is 27.9. The first-order valence-corrected chi connectivity index (χ1v) is 41.3. The first-order valence-electron chi connectivity index (χ1n) is 41.3. The Morgan fingerprint density at radius 1 is 0.117 bits per heavy atom. The Hall–Kier alpha value is -16.0. The number of hydrogen-bond donors (Lipinski definition) is 0. The molecular weight excluding hydrogens is 1450 g/mol. The molecule has 0 unspecified atom stereocenters. The van der Waals surface area contributed by atoms with Crippen molar-refractivity contribution in [1.82, 2.24) is 13.7 Å². The SMILES string of the molecule is c1ccc(N(c2ccc(-c3ccc(N(c4ccc(-c5ccc6c(c5)c5ccccc5n6-c5ccc(N(c6ccc(-n7c8ccccc8c8ccccc87)cc6)c6ccc(-n7c8ccccc8c8ccccc87)cc6)cc5)cc4)c4ccc5c6ccccc6c6ccccc6c5c4)cc3)cc2)c2ccc3c4ccccc4c4ccccc4c3c2)cc1. The molecule has 0 N–H and O–H groups in total. The van der Waals surface area contributed by atoms with Gasteiger partial charge in [0, 0.05) is 101 Å². The summed E-state index contributed by atoms with van der Waals surface area (Å²) < 4.78 is 7.20. The van der Waals surface area contributed by atoms with Crippen LogP contribution in [0.3, 0.4) is 0 Å². The van der Waals surface area contributed by atoms with Gasteiger partial charge in [-0.05, 0) is 275 Å². The zero-order valence-electron chi connectivity index (χ0n) is 65.4. The van der Waals surface area contributed by atoms with Crippen LogP contribution in [0.2, 0.25) is 0 Å². The summed E-state index contributed by atoms with van der Waals surface area (Å²) in [5.41, 5.74) is 24.5. The molecule has 0 atom stereocenters. The fourth-order valence-electron chi connectivity index (χ4n) is 19.5. The van der Waals surface area contributed by atoms with Gasteiger partial charge in [0.15, 0.2) is 0 Å². The highest BCUT2D eigenvalue weighted by Crippen LogP contribution is 2.47. The van der Waals surface area contributed by atoms with E-state index in [9.17, 15) is 0 Å². The molecule has 0 saturated heterocycles. The molecule has 0 fully saturated rings. The summed E-state index contributed by atoms with van der Waals surface area (Å²) in [6, 6.07) is 165. The average molecular weight is 1530 g/mol. The van der Waals surface area contributed by atoms with Crippen molar-refractivity contribution in [3.05, 3.63) is 449 Å². The smallest absolute Gasteiger partial charge is 0.0541 e. The van der Waals surface area contributed by atoms with E-state index in [0.29, 0.717) is 0 Å². The van der Waals surface area contributed by atoms with Crippen molar-refractivity contribution in [3.63, 3.8) is 0 Å². The molecule has 0 bridgehead atoms. The van der Waals surface area contributed by atoms with Crippen LogP contribution in [0.15, 0.2) is 449 Å². The molecule has 24 aromatic rings. The van der Waals surface area contributed by atoms with E-state index in [1.807, 2.05) is 0 Å². The van der Waals surface area contributed by atoms with E-state index in [1.165, 1.54) is 119 Å². The highest BCUT2D eigenvalue weighted by molar-refractivity contribution is 6.27. The van der Waals surface area contributed by atoms with Gasteiger partial charge in [0.05, 0.1) is 33.1 Å². The Balaban J connectivity index is 0.570. The van der Waals surface area contributed by atoms with Crippen LogP contribution in [-0.2, 0) is 0 Å². The van der Waals surface area contributed by atoms with E-state index in [-0.39, 0.29) is 0 Å². The lowest BCUT2D eigenvalue weighted by molar-refractivity contribution is 1.16. The minimum Gasteiger partial charge on any atom is -0.310 e. The predicted octanol–water partition coefficient (Wildman–Crippen LogP) is 31.6. The van der Waals surface area contributed by atoms with Crippen molar-refractivity contribution in [2.75, 3.05) is 14.7 Å². The summed E-state index contributed by atoms with van der Waals surface area (Å²) in [5.74, 6) is 0. The summed E-state index contributed by atoms with van der Waals surface area (Å²) in [6.07, 6.45) is 0. The van der Waals surface area contributed by atoms with Gasteiger partial charge in [-0.15, -0.1) is 0 Å². The summed E-state index contributed by atoms with van der Waals surface area (Å²) in [5, 5.41) is 22.4. The predicted molar refractivity (Wildman–Crippen MR) is 509 cm³/mol. The molecule has 0 radical (unpaired) electrons. The average Bonchev–Trinajstić information content (AvgIpc) is 1.72. The molecule has 0 saturated carbocycles. The maximum absolute atomic E-state index is 2.43. The van der Waals surface area contributed by atoms with E-state index in [4.69, 9.17) is 0 Å². The molecule has 0 aliphatic rings. The van der Waals surface area contributed by atoms with Crippen molar-refractivity contribution in [3.8, 4) is 39.3 Å². The Labute approximate surface area is 693 Å². The van der Waals surface area contributed by atoms with Crippen molar-refractivity contribution in [2.45, 2.75) is 0 Å². The van der Waals surface area contributed by atoms with Gasteiger partial charge in [0.2, 0.25) is 0 Å². The van der Waals surface area contributed by atoms with Gasteiger partial charge in [-0.1, -0.05) is 261 Å². The molecule has 24 rings (SSSR count). The fourth-order valence-corrected chi connectivity index (χ4v) is 19.5. The van der Waals surface area contributed by atoms with Gasteiger partial charge in [0.25, 0.3) is 0 Å². The maximum Gasteiger partial charge on any atom is 0.0541 e. The highest BCUT2D eigenvalue weighted by Gasteiger charge is 2.24. The summed E-state index contributed by atoms with van der Waals surface area (Å²) in [6.45, 7) is 0. The molecule has 3 aromatic heterocycles. The number of hydrogen-bond acceptors (Lipinski definition) is 3. The van der Waals surface area contributed by atoms with Crippen LogP contribution in [-0.4, -0.2) is 13.7 Å². The molecule has 6 heteroatoms. The summed E-state index contributed by atoms with van der Waals surface area (Å²) in [4.78, 5) is 7.18. The van der Waals surface area contributed by atoms with E-state index in [0.717, 1.165) is 102 Å². The highest BCUT2D eigenvalue weighted by atomic mass is 15.2. The zero-order valence-corrected chi connectivity index (χ0v) is 65.4. The van der Waals surface area contributed by atoms with Crippen molar-refractivity contribution in [2.24, 2.45) is 0 Å². The molecule has 21 aromatic carbocycles. The lowest BCUT2D eigenvalue weighted by Gasteiger charge is -2.27. The van der Waals surface area contributed by atoms with Gasteiger partial charge in [-0.2, -0.15) is 0 Å². The van der Waals surface area contributed by atoms with Crippen LogP contribution in [0.1, 0.15) is 0 Å². The van der Waals surface area contributed by atoms with Gasteiger partial charge in [-0.3, -0.25) is 0 Å². The van der Waals surface area contributed by atoms with Crippen LogP contribution in [0.25, 0.3) is 169 Å². The summed E-state index contributed by atoms with van der Waals surface area (Å²) >= 11 is 0. The lowest BCUT2D eigenvalue weighted by Crippen LogP contribution is -2.10. The van der Waals surface area contributed by atoms with E-state index in [1.54, 1.807) is 0 Å². The van der Waals surface area contributed by atoms with Crippen LogP contribution in [0, 0.1) is 0 Å². The second-order valence-electron chi connectivity index (χ2n) is 31.5. The zero-order chi connectivity index (χ0) is 78.9. The van der Waals surface area contributed by atoms with Crippen LogP contribution in [0.5, 0.6) is 0 Å². The normalized spacial score (nSPS) is 11.8. The summed E-state index contributed by atoms with van der Waals surface area (Å²) in [7, 11) is 0. The molecular formula is C114H74N6. The lowest BCUT2D eigenvalue weighted by atomic mass is 9.94. The third kappa shape index (κ3) is 11.1. The standard InChI is InChI=1S/C114H74N6/c1-2-22-79(23-3-1)116(89-67-69-99-95-28-6-4-24-91(95)93-26-8-10-30-97(93)106(99)73-89)80-49-42-75(43-50-80)76-44-51-81(52-45-76)117(90-68-70-100-96-29-7-5-25-92(96)94-27-9-11-31-98(94)107(100)74-90)82-53-46-77(47-54-82)78-48-71-114-108(72-78)105-36-16-21-41-113(105)120(114)88-65-59-85(60-66-88)115(83-55-61-86(62-56-83)118-109-37-17-12-32-101(109)102-33-13-18-38-110(102)118)84-57-63-87(64-58-84)119-111-39-19-14-34-103(111)104-35-15-20-40-112(104)119/h1-74H. The van der Waals surface area contributed by atoms with Crippen molar-refractivity contribution >= 4 is 181 Å². The van der Waals surface area contributed by atoms with Gasteiger partial charge < -0.3 is 28.4 Å². The Morgan fingerprint density at radius 2 is 0.317 bits per heavy atom. The van der Waals surface area contributed by atoms with Gasteiger partial charge in [0.1, 0.15) is 0 Å². The van der Waals surface area contributed by atoms with Crippen LogP contribution >= 0.6 is 0 Å². The Kier molecular flexibility index (Phi) is 15.9. The molecule has 0 spiro atoms. The van der Waals surface area contributed by atoms with Gasteiger partial charge >= 0.3 is 0 Å². The molecule has 560 valence electrons. The van der Waals surface area contributed by atoms with E-state index < -0.39 is 0 Å². The van der Waals surface area contributed by atoms with Crippen molar-refractivity contribution < 1.29 is 0 Å². The number of rotatable bonds is 14. The molecule has 3 heterocycles. The number of benzene rings is 21. The Bertz CT molecular complexity index is 7850. The first-order chi connectivity index (χ1) is 59.5. The monoisotopic (exact) mass is 1530 g/mol. The topological polar surface area (TPSA) is 24.5 Å². The van der Waals surface area contributed by atoms with Crippen LogP contribution in [0.4, 0.5) is 51.2 Å². The Morgan fingerprint density at radius 3 is 0.625 bits per heavy atom. The van der Waals surface area contributed by atoms with Gasteiger partial charge in [-0.25, -0.2) is 0 Å². The third-order valence-electron chi connectivity index (χ3n) is 25.0. The third-order valence-corrected chi connectivity index (χ3v) is 25.0. The maximum atomic E-state index is 2.43. The minimum atomic E-state index is 1.05. The number of anilines is 9. The molecule has 120 heavy (non-hydrogen) atoms. The fraction of sp³-hybridized carbons (Fsp3) is 0. The molecule has 0 amide bonds. The largest absolute Gasteiger partial charge is 0.310 e. The first kappa shape index (κ1) is 68.4. The van der Waals surface area contributed by atoms with Crippen LogP contribution < -0.4 is 14.7 Å². The molecule has 6 nitrogen and oxygen atoms in total. The van der Waals surface area contributed by atoms with Crippen molar-refractivity contribution in [1.29, 1.82) is 0 Å². The number of aromatic nitrogens is 3. The molecule has 0 aliphatic carbocycles.